The lowest BCUT2D eigenvalue weighted by atomic mass is 9.95. The summed E-state index contributed by atoms with van der Waals surface area (Å²) in [7, 11) is 0. The third-order valence-corrected chi connectivity index (χ3v) is 4.18. The van der Waals surface area contributed by atoms with Gasteiger partial charge >= 0.3 is 0 Å². The lowest BCUT2D eigenvalue weighted by Gasteiger charge is -2.14. The van der Waals surface area contributed by atoms with Crippen molar-refractivity contribution in [3.8, 4) is 0 Å². The molecule has 82 valence electrons. The highest BCUT2D eigenvalue weighted by Gasteiger charge is 2.16. The smallest absolute Gasteiger partial charge is 0.162 e. The van der Waals surface area contributed by atoms with E-state index >= 15 is 0 Å². The molecule has 0 saturated carbocycles. The van der Waals surface area contributed by atoms with Crippen molar-refractivity contribution in [1.82, 2.24) is 4.98 Å². The molecule has 0 radical (unpaired) electrons. The van der Waals surface area contributed by atoms with E-state index in [-0.39, 0.29) is 0 Å². The van der Waals surface area contributed by atoms with Crippen LogP contribution in [0.5, 0.6) is 0 Å². The average Bonchev–Trinajstić information content (AvgIpc) is 2.63. The number of nitrogen functional groups attached to an aromatic ring is 1. The van der Waals surface area contributed by atoms with Gasteiger partial charge in [-0.15, -0.1) is 11.3 Å². The second kappa shape index (κ2) is 3.56. The third-order valence-electron chi connectivity index (χ3n) is 3.14. The molecule has 0 spiro atoms. The van der Waals surface area contributed by atoms with Gasteiger partial charge in [0, 0.05) is 11.1 Å². The highest BCUT2D eigenvalue weighted by Crippen LogP contribution is 2.34. The van der Waals surface area contributed by atoms with Crippen LogP contribution in [0.4, 0.5) is 5.69 Å². The molecule has 0 atom stereocenters. The number of carbonyl (C=O) groups excluding carboxylic acids is 1. The molecular weight excluding hydrogens is 220 g/mol. The van der Waals surface area contributed by atoms with Gasteiger partial charge in [-0.05, 0) is 37.3 Å². The van der Waals surface area contributed by atoms with Crippen molar-refractivity contribution in [3.63, 3.8) is 0 Å². The van der Waals surface area contributed by atoms with Crippen molar-refractivity contribution in [2.24, 2.45) is 0 Å². The number of rotatable bonds is 1. The Kier molecular flexibility index (Phi) is 2.17. The Morgan fingerprint density at radius 1 is 1.38 bits per heavy atom. The van der Waals surface area contributed by atoms with Gasteiger partial charge in [0.05, 0.1) is 10.6 Å². The zero-order chi connectivity index (χ0) is 11.1. The number of thiophene rings is 1. The molecule has 4 heteroatoms. The Morgan fingerprint density at radius 2 is 2.19 bits per heavy atom. The normalized spacial score (nSPS) is 15.0. The Hall–Kier alpha value is -1.42. The minimum absolute atomic E-state index is 0.593. The van der Waals surface area contributed by atoms with Gasteiger partial charge in [-0.2, -0.15) is 0 Å². The molecule has 2 aromatic heterocycles. The molecule has 2 heterocycles. The van der Waals surface area contributed by atoms with Gasteiger partial charge in [0.25, 0.3) is 0 Å². The molecule has 0 unspecified atom stereocenters. The second-order valence-corrected chi connectivity index (χ2v) is 5.18. The summed E-state index contributed by atoms with van der Waals surface area (Å²) in [5, 5.41) is 0.952. The largest absolute Gasteiger partial charge is 0.397 e. The van der Waals surface area contributed by atoms with Crippen LogP contribution < -0.4 is 5.73 Å². The van der Waals surface area contributed by atoms with E-state index in [1.54, 1.807) is 0 Å². The van der Waals surface area contributed by atoms with Gasteiger partial charge in [0.15, 0.2) is 6.29 Å². The van der Waals surface area contributed by atoms with Crippen LogP contribution in [-0.4, -0.2) is 11.3 Å². The van der Waals surface area contributed by atoms with Crippen LogP contribution >= 0.6 is 11.3 Å². The van der Waals surface area contributed by atoms with E-state index in [1.165, 1.54) is 35.4 Å². The van der Waals surface area contributed by atoms with Crippen molar-refractivity contribution in [2.75, 3.05) is 5.73 Å². The van der Waals surface area contributed by atoms with Gasteiger partial charge < -0.3 is 5.73 Å². The Bertz CT molecular complexity index is 574. The summed E-state index contributed by atoms with van der Waals surface area (Å²) in [5.74, 6) is 0. The van der Waals surface area contributed by atoms with Crippen molar-refractivity contribution in [2.45, 2.75) is 25.7 Å². The molecule has 0 aliphatic heterocycles. The summed E-state index contributed by atoms with van der Waals surface area (Å²) >= 11 is 1.39. The summed E-state index contributed by atoms with van der Waals surface area (Å²) < 4.78 is 0. The monoisotopic (exact) mass is 232 g/mol. The van der Waals surface area contributed by atoms with Crippen molar-refractivity contribution in [1.29, 1.82) is 0 Å². The van der Waals surface area contributed by atoms with E-state index in [0.717, 1.165) is 29.3 Å². The number of pyridine rings is 1. The zero-order valence-corrected chi connectivity index (χ0v) is 9.64. The van der Waals surface area contributed by atoms with Crippen molar-refractivity contribution < 1.29 is 4.79 Å². The van der Waals surface area contributed by atoms with Gasteiger partial charge in [-0.3, -0.25) is 4.79 Å². The molecule has 16 heavy (non-hydrogen) atoms. The van der Waals surface area contributed by atoms with Crippen LogP contribution in [0.2, 0.25) is 0 Å². The predicted molar refractivity (Wildman–Crippen MR) is 66.1 cm³/mol. The molecule has 0 aromatic carbocycles. The maximum Gasteiger partial charge on any atom is 0.162 e. The van der Waals surface area contributed by atoms with E-state index in [1.807, 2.05) is 0 Å². The van der Waals surface area contributed by atoms with Gasteiger partial charge in [0.2, 0.25) is 0 Å². The molecule has 0 bridgehead atoms. The van der Waals surface area contributed by atoms with E-state index in [0.29, 0.717) is 10.6 Å². The topological polar surface area (TPSA) is 56.0 Å². The number of nitrogens with two attached hydrogens (primary N) is 1. The fourth-order valence-electron chi connectivity index (χ4n) is 2.26. The quantitative estimate of drug-likeness (QED) is 0.769. The number of nitrogens with zero attached hydrogens (tertiary/aromatic N) is 1. The second-order valence-electron chi connectivity index (χ2n) is 4.15. The Balaban J connectivity index is 2.29. The minimum atomic E-state index is 0.593. The molecular formula is C12H12N2OS. The van der Waals surface area contributed by atoms with Crippen molar-refractivity contribution in [3.05, 3.63) is 22.2 Å². The molecule has 0 amide bonds. The average molecular weight is 232 g/mol. The Labute approximate surface area is 97.3 Å². The van der Waals surface area contributed by atoms with Crippen LogP contribution in [0.1, 0.15) is 33.8 Å². The predicted octanol–water partition coefficient (Wildman–Crippen LogP) is 2.57. The van der Waals surface area contributed by atoms with Gasteiger partial charge in [-0.25, -0.2) is 4.98 Å². The number of aldehydes is 1. The van der Waals surface area contributed by atoms with Crippen molar-refractivity contribution >= 4 is 33.5 Å². The SMILES string of the molecule is Nc1c(C=O)sc2nc3c(cc12)CCCC3. The molecule has 0 saturated heterocycles. The highest BCUT2D eigenvalue weighted by molar-refractivity contribution is 7.20. The lowest BCUT2D eigenvalue weighted by Crippen LogP contribution is -2.04. The maximum absolute atomic E-state index is 10.8. The number of hydrogen-bond acceptors (Lipinski definition) is 4. The number of aryl methyl sites for hydroxylation is 2. The third kappa shape index (κ3) is 1.33. The molecule has 0 fully saturated rings. The summed E-state index contributed by atoms with van der Waals surface area (Å²) in [6, 6.07) is 2.12. The van der Waals surface area contributed by atoms with E-state index in [4.69, 9.17) is 5.73 Å². The standard InChI is InChI=1S/C12H12N2OS/c13-11-8-5-7-3-1-2-4-9(7)14-12(8)16-10(11)6-15/h5-6H,1-4,13H2. The first-order valence-corrected chi connectivity index (χ1v) is 6.27. The van der Waals surface area contributed by atoms with Gasteiger partial charge in [0.1, 0.15) is 4.83 Å². The molecule has 1 aliphatic rings. The van der Waals surface area contributed by atoms with Crippen LogP contribution in [0.25, 0.3) is 10.2 Å². The number of hydrogen-bond donors (Lipinski definition) is 1. The molecule has 3 nitrogen and oxygen atoms in total. The summed E-state index contributed by atoms with van der Waals surface area (Å²) in [4.78, 5) is 17.0. The highest BCUT2D eigenvalue weighted by atomic mass is 32.1. The number of anilines is 1. The van der Waals surface area contributed by atoms with Crippen LogP contribution in [-0.2, 0) is 12.8 Å². The van der Waals surface area contributed by atoms with Crippen LogP contribution in [0.3, 0.4) is 0 Å². The number of carbonyl (C=O) groups is 1. The Morgan fingerprint density at radius 3 is 3.00 bits per heavy atom. The van der Waals surface area contributed by atoms with E-state index in [2.05, 4.69) is 11.1 Å². The maximum atomic E-state index is 10.8. The lowest BCUT2D eigenvalue weighted by molar-refractivity contribution is 0.112. The van der Waals surface area contributed by atoms with E-state index < -0.39 is 0 Å². The number of fused-ring (bicyclic) bond motifs is 2. The fourth-order valence-corrected chi connectivity index (χ4v) is 3.18. The molecule has 3 rings (SSSR count). The molecule has 1 aliphatic carbocycles. The zero-order valence-electron chi connectivity index (χ0n) is 8.82. The molecule has 2 N–H and O–H groups in total. The summed E-state index contributed by atoms with van der Waals surface area (Å²) in [6.45, 7) is 0. The summed E-state index contributed by atoms with van der Waals surface area (Å²) in [5.41, 5.74) is 9.01. The minimum Gasteiger partial charge on any atom is -0.397 e. The summed E-state index contributed by atoms with van der Waals surface area (Å²) in [6.07, 6.45) is 5.40. The fraction of sp³-hybridized carbons (Fsp3) is 0.333. The first-order chi connectivity index (χ1) is 7.79. The first-order valence-electron chi connectivity index (χ1n) is 5.45. The van der Waals surface area contributed by atoms with Crippen LogP contribution in [0, 0.1) is 0 Å². The molecule has 2 aromatic rings. The van der Waals surface area contributed by atoms with E-state index in [9.17, 15) is 4.79 Å². The van der Waals surface area contributed by atoms with Crippen LogP contribution in [0.15, 0.2) is 6.07 Å². The first kappa shape index (κ1) is 9.78. The van der Waals surface area contributed by atoms with Gasteiger partial charge in [-0.1, -0.05) is 0 Å². The number of aromatic nitrogens is 1.